The van der Waals surface area contributed by atoms with Gasteiger partial charge in [-0.2, -0.15) is 0 Å². The van der Waals surface area contributed by atoms with E-state index in [1.54, 1.807) is 6.07 Å². The Hall–Kier alpha value is -1.67. The summed E-state index contributed by atoms with van der Waals surface area (Å²) in [5.41, 5.74) is 1.96. The summed E-state index contributed by atoms with van der Waals surface area (Å²) in [6.07, 6.45) is 0. The van der Waals surface area contributed by atoms with Gasteiger partial charge in [-0.3, -0.25) is 0 Å². The molecule has 1 nitrogen and oxygen atoms in total. The summed E-state index contributed by atoms with van der Waals surface area (Å²) in [5.74, 6) is 0.305. The number of halogens is 1. The Labute approximate surface area is 114 Å². The molecule has 0 saturated heterocycles. The van der Waals surface area contributed by atoms with Gasteiger partial charge in [0.2, 0.25) is 0 Å². The average molecular weight is 257 g/mol. The maximum atomic E-state index is 13.6. The summed E-state index contributed by atoms with van der Waals surface area (Å²) < 4.78 is 13.6. The van der Waals surface area contributed by atoms with E-state index in [9.17, 15) is 4.39 Å². The fourth-order valence-electron chi connectivity index (χ4n) is 2.26. The van der Waals surface area contributed by atoms with E-state index in [2.05, 4.69) is 31.3 Å². The second-order valence-corrected chi connectivity index (χ2v) is 5.10. The first-order valence-corrected chi connectivity index (χ1v) is 6.70. The topological polar surface area (TPSA) is 12.0 Å². The molecule has 2 rings (SSSR count). The number of benzene rings is 2. The number of hydrogen-bond donors (Lipinski definition) is 1. The van der Waals surface area contributed by atoms with Crippen molar-refractivity contribution in [3.63, 3.8) is 0 Å². The van der Waals surface area contributed by atoms with Crippen molar-refractivity contribution >= 4 is 0 Å². The van der Waals surface area contributed by atoms with Gasteiger partial charge in [-0.05, 0) is 17.5 Å². The van der Waals surface area contributed by atoms with Gasteiger partial charge in [0.25, 0.3) is 0 Å². The molecule has 1 atom stereocenters. The second-order valence-electron chi connectivity index (χ2n) is 5.10. The van der Waals surface area contributed by atoms with Gasteiger partial charge in [0.15, 0.2) is 0 Å². The predicted octanol–water partition coefficient (Wildman–Crippen LogP) is 4.31. The molecule has 0 amide bonds. The first-order valence-electron chi connectivity index (χ1n) is 6.70. The van der Waals surface area contributed by atoms with Crippen LogP contribution in [-0.2, 0) is 6.54 Å². The Balaban J connectivity index is 2.09. The third kappa shape index (κ3) is 3.65. The van der Waals surface area contributed by atoms with Crippen LogP contribution in [0.1, 0.15) is 31.0 Å². The van der Waals surface area contributed by atoms with Gasteiger partial charge < -0.3 is 5.32 Å². The fraction of sp³-hybridized carbons (Fsp3) is 0.294. The molecule has 0 heterocycles. The highest BCUT2D eigenvalue weighted by Crippen LogP contribution is 2.22. The summed E-state index contributed by atoms with van der Waals surface area (Å²) >= 11 is 0. The van der Waals surface area contributed by atoms with Gasteiger partial charge in [-0.25, -0.2) is 4.39 Å². The van der Waals surface area contributed by atoms with Gasteiger partial charge in [0, 0.05) is 18.2 Å². The summed E-state index contributed by atoms with van der Waals surface area (Å²) in [6.45, 7) is 4.89. The summed E-state index contributed by atoms with van der Waals surface area (Å²) in [7, 11) is 0. The molecule has 0 aliphatic carbocycles. The van der Waals surface area contributed by atoms with Crippen LogP contribution in [0.2, 0.25) is 0 Å². The monoisotopic (exact) mass is 257 g/mol. The molecule has 1 unspecified atom stereocenters. The molecule has 0 aliphatic rings. The number of rotatable bonds is 5. The molecule has 0 aliphatic heterocycles. The molecule has 0 fully saturated rings. The van der Waals surface area contributed by atoms with Gasteiger partial charge in [0.1, 0.15) is 5.82 Å². The van der Waals surface area contributed by atoms with Gasteiger partial charge in [0.05, 0.1) is 0 Å². The molecule has 0 aromatic heterocycles. The van der Waals surface area contributed by atoms with Crippen LogP contribution in [0.25, 0.3) is 0 Å². The van der Waals surface area contributed by atoms with Gasteiger partial charge in [-0.15, -0.1) is 0 Å². The van der Waals surface area contributed by atoms with E-state index in [1.165, 1.54) is 11.6 Å². The fourth-order valence-corrected chi connectivity index (χ4v) is 2.26. The standard InChI is InChI=1S/C17H20FN/c1-13(2)17(14-8-4-3-5-9-14)19-12-15-10-6-7-11-16(15)18/h3-11,13,17,19H,12H2,1-2H3. The second kappa shape index (κ2) is 6.48. The lowest BCUT2D eigenvalue weighted by Crippen LogP contribution is -2.25. The smallest absolute Gasteiger partial charge is 0.127 e. The van der Waals surface area contributed by atoms with Crippen molar-refractivity contribution in [1.82, 2.24) is 5.32 Å². The quantitative estimate of drug-likeness (QED) is 0.841. The number of nitrogens with one attached hydrogen (secondary N) is 1. The zero-order valence-electron chi connectivity index (χ0n) is 11.4. The average Bonchev–Trinajstić information content (AvgIpc) is 2.42. The minimum atomic E-state index is -0.148. The Bertz CT molecular complexity index is 508. The lowest BCUT2D eigenvalue weighted by Gasteiger charge is -2.23. The van der Waals surface area contributed by atoms with Crippen molar-refractivity contribution in [2.75, 3.05) is 0 Å². The minimum Gasteiger partial charge on any atom is -0.306 e. The molecule has 0 saturated carbocycles. The van der Waals surface area contributed by atoms with Crippen molar-refractivity contribution in [3.8, 4) is 0 Å². The summed E-state index contributed by atoms with van der Waals surface area (Å²) in [4.78, 5) is 0. The predicted molar refractivity (Wildman–Crippen MR) is 77.3 cm³/mol. The highest BCUT2D eigenvalue weighted by Gasteiger charge is 2.15. The largest absolute Gasteiger partial charge is 0.306 e. The van der Waals surface area contributed by atoms with E-state index in [1.807, 2.05) is 30.3 Å². The Morgan fingerprint density at radius 1 is 0.947 bits per heavy atom. The zero-order valence-corrected chi connectivity index (χ0v) is 11.4. The minimum absolute atomic E-state index is 0.148. The Morgan fingerprint density at radius 2 is 1.58 bits per heavy atom. The van der Waals surface area contributed by atoms with Crippen LogP contribution in [0.15, 0.2) is 54.6 Å². The van der Waals surface area contributed by atoms with Crippen molar-refractivity contribution in [1.29, 1.82) is 0 Å². The molecule has 1 N–H and O–H groups in total. The van der Waals surface area contributed by atoms with Crippen LogP contribution < -0.4 is 5.32 Å². The lowest BCUT2D eigenvalue weighted by molar-refractivity contribution is 0.406. The maximum absolute atomic E-state index is 13.6. The third-order valence-electron chi connectivity index (χ3n) is 3.30. The van der Waals surface area contributed by atoms with Crippen LogP contribution in [0.4, 0.5) is 4.39 Å². The molecular weight excluding hydrogens is 237 g/mol. The molecule has 0 bridgehead atoms. The molecule has 0 radical (unpaired) electrons. The van der Waals surface area contributed by atoms with Gasteiger partial charge in [-0.1, -0.05) is 62.4 Å². The first-order chi connectivity index (χ1) is 9.18. The maximum Gasteiger partial charge on any atom is 0.127 e. The molecule has 100 valence electrons. The van der Waals surface area contributed by atoms with E-state index < -0.39 is 0 Å². The molecule has 2 aromatic rings. The lowest BCUT2D eigenvalue weighted by atomic mass is 9.96. The molecule has 19 heavy (non-hydrogen) atoms. The van der Waals surface area contributed by atoms with E-state index in [4.69, 9.17) is 0 Å². The Kier molecular flexibility index (Phi) is 4.69. The highest BCUT2D eigenvalue weighted by atomic mass is 19.1. The van der Waals surface area contributed by atoms with Gasteiger partial charge >= 0.3 is 0 Å². The van der Waals surface area contributed by atoms with E-state index in [0.717, 1.165) is 0 Å². The Morgan fingerprint density at radius 3 is 2.21 bits per heavy atom. The molecule has 2 heteroatoms. The molecule has 2 aromatic carbocycles. The van der Waals surface area contributed by atoms with Crippen LogP contribution in [0.3, 0.4) is 0 Å². The van der Waals surface area contributed by atoms with E-state index in [-0.39, 0.29) is 11.9 Å². The van der Waals surface area contributed by atoms with E-state index in [0.29, 0.717) is 18.0 Å². The van der Waals surface area contributed by atoms with E-state index >= 15 is 0 Å². The summed E-state index contributed by atoms with van der Waals surface area (Å²) in [5, 5.41) is 3.45. The molecular formula is C17H20FN. The summed E-state index contributed by atoms with van der Waals surface area (Å²) in [6, 6.07) is 17.5. The third-order valence-corrected chi connectivity index (χ3v) is 3.30. The normalized spacial score (nSPS) is 12.6. The van der Waals surface area contributed by atoms with Crippen molar-refractivity contribution < 1.29 is 4.39 Å². The van der Waals surface area contributed by atoms with Crippen molar-refractivity contribution in [2.24, 2.45) is 5.92 Å². The van der Waals surface area contributed by atoms with Crippen molar-refractivity contribution in [3.05, 3.63) is 71.5 Å². The highest BCUT2D eigenvalue weighted by molar-refractivity contribution is 5.21. The van der Waals surface area contributed by atoms with Crippen LogP contribution in [0.5, 0.6) is 0 Å². The van der Waals surface area contributed by atoms with Crippen molar-refractivity contribution in [2.45, 2.75) is 26.4 Å². The van der Waals surface area contributed by atoms with Crippen LogP contribution in [0, 0.1) is 11.7 Å². The SMILES string of the molecule is CC(C)C(NCc1ccccc1F)c1ccccc1. The first kappa shape index (κ1) is 13.8. The number of hydrogen-bond acceptors (Lipinski definition) is 1. The van der Waals surface area contributed by atoms with Crippen LogP contribution >= 0.6 is 0 Å². The van der Waals surface area contributed by atoms with Crippen LogP contribution in [-0.4, -0.2) is 0 Å². The molecule has 0 spiro atoms. The zero-order chi connectivity index (χ0) is 13.7.